The van der Waals surface area contributed by atoms with Crippen LogP contribution in [0.15, 0.2) is 0 Å². The zero-order chi connectivity index (χ0) is 24.1. The zero-order valence-corrected chi connectivity index (χ0v) is 28.1. The molecule has 0 saturated carbocycles. The molecule has 12 nitrogen and oxygen atoms in total. The molecule has 4 fully saturated rings. The van der Waals surface area contributed by atoms with Crippen molar-refractivity contribution in [3.63, 3.8) is 0 Å². The summed E-state index contributed by atoms with van der Waals surface area (Å²) < 4.78 is 37.1. The van der Waals surface area contributed by atoms with E-state index in [1.165, 1.54) is 0 Å². The first-order valence-corrected chi connectivity index (χ1v) is 24.5. The molecule has 0 radical (unpaired) electrons. The van der Waals surface area contributed by atoms with Crippen molar-refractivity contribution in [1.82, 2.24) is 0 Å². The molecule has 4 rings (SSSR count). The molecule has 4 aliphatic heterocycles. The molecule has 0 aromatic heterocycles. The van der Waals surface area contributed by atoms with Crippen LogP contribution in [-0.4, -0.2) is 50.9 Å². The van der Waals surface area contributed by atoms with E-state index in [1.807, 2.05) is 0 Å². The molecule has 4 atom stereocenters. The van der Waals surface area contributed by atoms with Crippen molar-refractivity contribution in [3.05, 3.63) is 0 Å². The summed E-state index contributed by atoms with van der Waals surface area (Å²) in [5.74, 6) is 1.56. The van der Waals surface area contributed by atoms with E-state index in [-0.39, 0.29) is 48.2 Å². The summed E-state index contributed by atoms with van der Waals surface area (Å²) in [5.41, 5.74) is -10.8. The van der Waals surface area contributed by atoms with E-state index in [0.29, 0.717) is 23.8 Å². The number of hydrogen-bond acceptors (Lipinski definition) is 20. The summed E-state index contributed by atoms with van der Waals surface area (Å²) in [6, 6.07) is 0. The van der Waals surface area contributed by atoms with Gasteiger partial charge in [0.25, 0.3) is 0 Å². The van der Waals surface area contributed by atoms with E-state index in [1.54, 1.807) is 0 Å². The smallest absolute Gasteiger partial charge is 0.793 e. The summed E-state index contributed by atoms with van der Waals surface area (Å²) >= 11 is 22.2. The predicted octanol–water partition coefficient (Wildman–Crippen LogP) is 1.06. The molecule has 4 saturated heterocycles. The van der Waals surface area contributed by atoms with Crippen molar-refractivity contribution >= 4 is 116 Å². The van der Waals surface area contributed by atoms with Gasteiger partial charge in [0.1, 0.15) is 23.8 Å². The second kappa shape index (κ2) is 19.3. The van der Waals surface area contributed by atoms with Crippen LogP contribution in [0.4, 0.5) is 0 Å². The Morgan fingerprint density at radius 3 is 0.697 bits per heavy atom. The molecular formula is C8H16MoO12P4S8. The van der Waals surface area contributed by atoms with Crippen molar-refractivity contribution < 1.29 is 77.7 Å². The minimum Gasteiger partial charge on any atom is -0.793 e. The molecule has 0 aromatic rings. The van der Waals surface area contributed by atoms with Crippen LogP contribution >= 0.6 is 68.3 Å². The molecule has 25 heteroatoms. The second-order valence-electron chi connectivity index (χ2n) is 4.58. The third-order valence-electron chi connectivity index (χ3n) is 2.35. The summed E-state index contributed by atoms with van der Waals surface area (Å²) in [6.45, 7) is 0.309. The van der Waals surface area contributed by atoms with Gasteiger partial charge in [0.15, 0.2) is 27.2 Å². The van der Waals surface area contributed by atoms with Gasteiger partial charge >= 0.3 is 21.1 Å². The largest absolute Gasteiger partial charge is 4.00 e. The summed E-state index contributed by atoms with van der Waals surface area (Å²) in [5, 5.41) is 0. The molecule has 4 aliphatic rings. The van der Waals surface area contributed by atoms with Gasteiger partial charge in [-0.25, -0.2) is 0 Å². The Hall–Kier alpha value is 4.21. The van der Waals surface area contributed by atoms with Crippen LogP contribution in [0.5, 0.6) is 0 Å². The van der Waals surface area contributed by atoms with Crippen molar-refractivity contribution in [3.8, 4) is 0 Å². The number of hydrogen-bond donors (Lipinski definition) is 0. The topological polar surface area (TPSA) is 166 Å². The fourth-order valence-corrected chi connectivity index (χ4v) is 9.22. The average Bonchev–Trinajstić information content (AvgIpc) is 2.69. The minimum absolute atomic E-state index is 0. The molecule has 4 heterocycles. The van der Waals surface area contributed by atoms with Gasteiger partial charge in [-0.2, -0.15) is 0 Å². The first kappa shape index (κ1) is 37.2. The standard InChI is InChI=1S/4C2H5O3PS2.Mo/c4*3-6(7)5-1-4-2-8-6;/h4*1-2H2,(H,3,7);/q;;;;+4/p-4. The van der Waals surface area contributed by atoms with Crippen LogP contribution < -0.4 is 19.6 Å². The fraction of sp³-hybridized carbons (Fsp3) is 1.00. The molecule has 0 amide bonds. The zero-order valence-electron chi connectivity index (χ0n) is 16.0. The Balaban J connectivity index is 0.000000410. The van der Waals surface area contributed by atoms with E-state index >= 15 is 0 Å². The van der Waals surface area contributed by atoms with E-state index in [4.69, 9.17) is 18.9 Å². The Morgan fingerprint density at radius 2 is 0.636 bits per heavy atom. The van der Waals surface area contributed by atoms with Crippen LogP contribution in [0.2, 0.25) is 0 Å². The van der Waals surface area contributed by atoms with Gasteiger partial charge in [0, 0.05) is 0 Å². The van der Waals surface area contributed by atoms with Crippen molar-refractivity contribution in [2.75, 3.05) is 50.9 Å². The summed E-state index contributed by atoms with van der Waals surface area (Å²) in [7, 11) is 0. The second-order valence-corrected chi connectivity index (χ2v) is 28.6. The molecule has 0 bridgehead atoms. The van der Waals surface area contributed by atoms with Crippen molar-refractivity contribution in [1.29, 1.82) is 0 Å². The van der Waals surface area contributed by atoms with Crippen LogP contribution in [-0.2, 0) is 105 Å². The maximum atomic E-state index is 10.7. The van der Waals surface area contributed by atoms with Gasteiger partial charge in [0.2, 0.25) is 0 Å². The Kier molecular flexibility index (Phi) is 21.8. The molecule has 4 unspecified atom stereocenters. The van der Waals surface area contributed by atoms with Crippen molar-refractivity contribution in [2.24, 2.45) is 0 Å². The van der Waals surface area contributed by atoms with Gasteiger partial charge in [-0.1, -0.05) is 92.8 Å². The van der Waals surface area contributed by atoms with Gasteiger partial charge in [-0.3, -0.25) is 0 Å². The van der Waals surface area contributed by atoms with Crippen LogP contribution in [0.1, 0.15) is 0 Å². The Labute approximate surface area is 241 Å². The van der Waals surface area contributed by atoms with Gasteiger partial charge in [-0.05, 0) is 0 Å². The van der Waals surface area contributed by atoms with Gasteiger partial charge in [0.05, 0.1) is 22.8 Å². The Bertz CT molecular complexity index is 592. The summed E-state index contributed by atoms with van der Waals surface area (Å²) in [4.78, 5) is 42.8. The van der Waals surface area contributed by atoms with E-state index in [9.17, 15) is 19.6 Å². The number of rotatable bonds is 0. The normalized spacial score (nSPS) is 38.4. The molecular weight excluding hydrogens is 764 g/mol. The van der Waals surface area contributed by atoms with Crippen molar-refractivity contribution in [2.45, 2.75) is 0 Å². The SMILES string of the molecule is [Mo+4].[O-]P1(=S)OCOCS1.[O-]P1(=S)OCOCS1.[O-]P1(=S)OCOCS1.[O-]P1(=S)OCOCS1. The first-order chi connectivity index (χ1) is 14.8. The molecule has 194 valence electrons. The predicted molar refractivity (Wildman–Crippen MR) is 135 cm³/mol. The maximum absolute atomic E-state index is 10.7. The molecule has 0 spiro atoms. The molecule has 33 heavy (non-hydrogen) atoms. The van der Waals surface area contributed by atoms with Crippen LogP contribution in [0.25, 0.3) is 0 Å². The van der Waals surface area contributed by atoms with Crippen LogP contribution in [0.3, 0.4) is 0 Å². The van der Waals surface area contributed by atoms with E-state index in [2.05, 4.69) is 65.3 Å². The van der Waals surface area contributed by atoms with Gasteiger partial charge < -0.3 is 56.6 Å². The minimum atomic E-state index is -2.71. The monoisotopic (exact) mass is 782 g/mol. The molecule has 0 aromatic carbocycles. The molecule has 0 aliphatic carbocycles. The quantitative estimate of drug-likeness (QED) is 0.253. The van der Waals surface area contributed by atoms with Crippen LogP contribution in [0, 0.1) is 0 Å². The van der Waals surface area contributed by atoms with E-state index < -0.39 is 22.8 Å². The first-order valence-electron chi connectivity index (χ1n) is 7.54. The number of ether oxygens (including phenoxy) is 4. The third-order valence-corrected chi connectivity index (χ3v) is 17.8. The summed E-state index contributed by atoms with van der Waals surface area (Å²) in [6.07, 6.45) is 0. The Morgan fingerprint density at radius 1 is 0.455 bits per heavy atom. The average molecular weight is 781 g/mol. The maximum Gasteiger partial charge on any atom is 4.00 e. The van der Waals surface area contributed by atoms with E-state index in [0.717, 1.165) is 45.5 Å². The fourth-order valence-electron chi connectivity index (χ4n) is 1.10. The molecule has 0 N–H and O–H groups in total. The third kappa shape index (κ3) is 21.7. The van der Waals surface area contributed by atoms with Gasteiger partial charge in [-0.15, -0.1) is 0 Å².